The Morgan fingerprint density at radius 3 is 2.67 bits per heavy atom. The van der Waals surface area contributed by atoms with Crippen molar-refractivity contribution in [2.75, 3.05) is 49.3 Å². The molecule has 0 radical (unpaired) electrons. The molecule has 0 aliphatic carbocycles. The van der Waals surface area contributed by atoms with E-state index in [2.05, 4.69) is 25.2 Å². The number of nitrogen functional groups attached to an aromatic ring is 1. The van der Waals surface area contributed by atoms with Crippen molar-refractivity contribution in [1.29, 1.82) is 0 Å². The molecule has 118 valence electrons. The van der Waals surface area contributed by atoms with Gasteiger partial charge in [-0.2, -0.15) is 15.0 Å². The molecule has 0 amide bonds. The quantitative estimate of drug-likeness (QED) is 0.705. The van der Waals surface area contributed by atoms with Crippen LogP contribution in [0.2, 0.25) is 0 Å². The van der Waals surface area contributed by atoms with Crippen molar-refractivity contribution >= 4 is 17.8 Å². The number of nitrogens with one attached hydrogen (secondary N) is 1. The van der Waals surface area contributed by atoms with Crippen LogP contribution in [0, 0.1) is 0 Å². The van der Waals surface area contributed by atoms with Gasteiger partial charge in [0.25, 0.3) is 0 Å². The minimum Gasteiger partial charge on any atom is -0.385 e. The van der Waals surface area contributed by atoms with E-state index in [1.807, 2.05) is 0 Å². The lowest BCUT2D eigenvalue weighted by molar-refractivity contribution is 0.192. The zero-order valence-corrected chi connectivity index (χ0v) is 12.8. The molecule has 0 aromatic carbocycles. The Balaban J connectivity index is 1.83. The van der Waals surface area contributed by atoms with E-state index < -0.39 is 0 Å². The first kappa shape index (κ1) is 15.8. The summed E-state index contributed by atoms with van der Waals surface area (Å²) in [4.78, 5) is 15.1. The average Bonchev–Trinajstić information content (AvgIpc) is 2.51. The molecule has 0 bridgehead atoms. The number of nitrogens with two attached hydrogens (primary N) is 1. The van der Waals surface area contributed by atoms with Crippen LogP contribution in [0.3, 0.4) is 0 Å². The van der Waals surface area contributed by atoms with Crippen molar-refractivity contribution in [1.82, 2.24) is 15.0 Å². The number of anilines is 3. The molecule has 1 aromatic rings. The second-order valence-corrected chi connectivity index (χ2v) is 5.35. The molecule has 1 saturated heterocycles. The zero-order valence-electron chi connectivity index (χ0n) is 12.8. The predicted octanol–water partition coefficient (Wildman–Crippen LogP) is 1.67. The smallest absolute Gasteiger partial charge is 0.231 e. The summed E-state index contributed by atoms with van der Waals surface area (Å²) in [6, 6.07) is 0. The number of ether oxygens (including phenoxy) is 1. The maximum Gasteiger partial charge on any atom is 0.231 e. The van der Waals surface area contributed by atoms with E-state index in [4.69, 9.17) is 10.5 Å². The molecule has 7 nitrogen and oxygen atoms in total. The van der Waals surface area contributed by atoms with Crippen LogP contribution >= 0.6 is 0 Å². The Morgan fingerprint density at radius 1 is 1.10 bits per heavy atom. The molecule has 2 rings (SSSR count). The third kappa shape index (κ3) is 5.34. The Morgan fingerprint density at radius 2 is 1.90 bits per heavy atom. The lowest BCUT2D eigenvalue weighted by Crippen LogP contribution is -2.31. The van der Waals surface area contributed by atoms with Crippen molar-refractivity contribution < 1.29 is 4.74 Å². The molecule has 2 heterocycles. The Hall–Kier alpha value is -1.63. The number of hydrogen-bond acceptors (Lipinski definition) is 7. The van der Waals surface area contributed by atoms with Gasteiger partial charge in [-0.1, -0.05) is 0 Å². The molecule has 1 aromatic heterocycles. The first-order valence-electron chi connectivity index (χ1n) is 7.79. The van der Waals surface area contributed by atoms with Gasteiger partial charge in [0, 0.05) is 33.4 Å². The van der Waals surface area contributed by atoms with E-state index in [0.717, 1.165) is 45.5 Å². The number of nitrogens with zero attached hydrogens (tertiary/aromatic N) is 4. The fourth-order valence-corrected chi connectivity index (χ4v) is 2.44. The Labute approximate surface area is 126 Å². The van der Waals surface area contributed by atoms with Gasteiger partial charge in [-0.3, -0.25) is 0 Å². The van der Waals surface area contributed by atoms with Crippen LogP contribution in [0.5, 0.6) is 0 Å². The third-order valence-corrected chi connectivity index (χ3v) is 3.59. The fraction of sp³-hybridized carbons (Fsp3) is 0.786. The van der Waals surface area contributed by atoms with E-state index >= 15 is 0 Å². The van der Waals surface area contributed by atoms with Gasteiger partial charge in [0.1, 0.15) is 0 Å². The maximum absolute atomic E-state index is 5.79. The first-order chi connectivity index (χ1) is 10.3. The summed E-state index contributed by atoms with van der Waals surface area (Å²) in [7, 11) is 1.73. The molecule has 3 N–H and O–H groups in total. The highest BCUT2D eigenvalue weighted by molar-refractivity contribution is 5.42. The standard InChI is InChI=1S/C14H26N6O/c1-21-11-7-2-4-8-16-13-17-12(15)18-14(19-13)20-9-5-3-6-10-20/h2-11H2,1H3,(H3,15,16,17,18,19). The van der Waals surface area contributed by atoms with Gasteiger partial charge >= 0.3 is 0 Å². The predicted molar refractivity (Wildman–Crippen MR) is 84.5 cm³/mol. The number of rotatable bonds is 8. The number of piperidine rings is 1. The molecule has 21 heavy (non-hydrogen) atoms. The fourth-order valence-electron chi connectivity index (χ4n) is 2.44. The van der Waals surface area contributed by atoms with Crippen LogP contribution in [-0.2, 0) is 4.74 Å². The minimum absolute atomic E-state index is 0.285. The number of unbranched alkanes of at least 4 members (excludes halogenated alkanes) is 2. The highest BCUT2D eigenvalue weighted by atomic mass is 16.5. The molecule has 1 aliphatic heterocycles. The van der Waals surface area contributed by atoms with Crippen molar-refractivity contribution in [2.24, 2.45) is 0 Å². The molecule has 0 unspecified atom stereocenters. The monoisotopic (exact) mass is 294 g/mol. The van der Waals surface area contributed by atoms with E-state index in [1.54, 1.807) is 7.11 Å². The van der Waals surface area contributed by atoms with Crippen LogP contribution in [0.25, 0.3) is 0 Å². The lowest BCUT2D eigenvalue weighted by Gasteiger charge is -2.26. The summed E-state index contributed by atoms with van der Waals surface area (Å²) in [5.74, 6) is 1.56. The molecule has 1 aliphatic rings. The summed E-state index contributed by atoms with van der Waals surface area (Å²) in [6.45, 7) is 3.66. The van der Waals surface area contributed by atoms with Gasteiger partial charge < -0.3 is 20.7 Å². The summed E-state index contributed by atoms with van der Waals surface area (Å²) < 4.78 is 5.03. The van der Waals surface area contributed by atoms with E-state index in [1.165, 1.54) is 19.3 Å². The molecular formula is C14H26N6O. The highest BCUT2D eigenvalue weighted by Crippen LogP contribution is 2.17. The normalized spacial score (nSPS) is 15.2. The average molecular weight is 294 g/mol. The molecule has 7 heteroatoms. The van der Waals surface area contributed by atoms with Crippen LogP contribution in [0.1, 0.15) is 38.5 Å². The summed E-state index contributed by atoms with van der Waals surface area (Å²) in [6.07, 6.45) is 6.93. The number of aromatic nitrogens is 3. The van der Waals surface area contributed by atoms with Gasteiger partial charge in [0.2, 0.25) is 17.8 Å². The Kier molecular flexibility index (Phi) is 6.46. The van der Waals surface area contributed by atoms with Gasteiger partial charge in [0.15, 0.2) is 0 Å². The minimum atomic E-state index is 0.285. The van der Waals surface area contributed by atoms with Crippen LogP contribution < -0.4 is 16.0 Å². The molecule has 0 atom stereocenters. The highest BCUT2D eigenvalue weighted by Gasteiger charge is 2.15. The van der Waals surface area contributed by atoms with E-state index in [-0.39, 0.29) is 5.95 Å². The number of methoxy groups -OCH3 is 1. The van der Waals surface area contributed by atoms with Crippen LogP contribution in [0.15, 0.2) is 0 Å². The Bertz CT molecular complexity index is 422. The van der Waals surface area contributed by atoms with Crippen molar-refractivity contribution in [2.45, 2.75) is 38.5 Å². The van der Waals surface area contributed by atoms with Gasteiger partial charge in [0.05, 0.1) is 0 Å². The first-order valence-corrected chi connectivity index (χ1v) is 7.79. The van der Waals surface area contributed by atoms with E-state index in [0.29, 0.717) is 11.9 Å². The molecular weight excluding hydrogens is 268 g/mol. The summed E-state index contributed by atoms with van der Waals surface area (Å²) >= 11 is 0. The summed E-state index contributed by atoms with van der Waals surface area (Å²) in [5.41, 5.74) is 5.79. The molecule has 0 spiro atoms. The molecule has 0 saturated carbocycles. The van der Waals surface area contributed by atoms with Crippen LogP contribution in [-0.4, -0.2) is 48.3 Å². The van der Waals surface area contributed by atoms with Gasteiger partial charge in [-0.25, -0.2) is 0 Å². The lowest BCUT2D eigenvalue weighted by atomic mass is 10.1. The SMILES string of the molecule is COCCCCCNc1nc(N)nc(N2CCCCC2)n1. The largest absolute Gasteiger partial charge is 0.385 e. The third-order valence-electron chi connectivity index (χ3n) is 3.59. The van der Waals surface area contributed by atoms with Gasteiger partial charge in [-0.05, 0) is 38.5 Å². The van der Waals surface area contributed by atoms with Crippen molar-refractivity contribution in [3.8, 4) is 0 Å². The number of hydrogen-bond donors (Lipinski definition) is 2. The van der Waals surface area contributed by atoms with E-state index in [9.17, 15) is 0 Å². The molecule has 1 fully saturated rings. The maximum atomic E-state index is 5.79. The van der Waals surface area contributed by atoms with Crippen LogP contribution in [0.4, 0.5) is 17.8 Å². The topological polar surface area (TPSA) is 89.2 Å². The van der Waals surface area contributed by atoms with Crippen molar-refractivity contribution in [3.05, 3.63) is 0 Å². The van der Waals surface area contributed by atoms with Crippen molar-refractivity contribution in [3.63, 3.8) is 0 Å². The zero-order chi connectivity index (χ0) is 14.9. The van der Waals surface area contributed by atoms with Gasteiger partial charge in [-0.15, -0.1) is 0 Å². The summed E-state index contributed by atoms with van der Waals surface area (Å²) in [5, 5.41) is 3.23. The second kappa shape index (κ2) is 8.61. The second-order valence-electron chi connectivity index (χ2n) is 5.35.